The maximum absolute atomic E-state index is 11.0. The number of alkyl halides is 1. The minimum Gasteiger partial charge on any atom is -0.390 e. The second-order valence-electron chi connectivity index (χ2n) is 3.83. The Hall–Kier alpha value is -1.93. The fraction of sp³-hybridized carbons (Fsp3) is 0.400. The average molecular weight is 290 g/mol. The van der Waals surface area contributed by atoms with E-state index in [9.17, 15) is 25.3 Å². The molecule has 8 nitrogen and oxygen atoms in total. The zero-order valence-corrected chi connectivity index (χ0v) is 10.8. The molecule has 0 aromatic heterocycles. The van der Waals surface area contributed by atoms with Crippen LogP contribution in [0.3, 0.4) is 0 Å². The van der Waals surface area contributed by atoms with Crippen molar-refractivity contribution in [2.24, 2.45) is 0 Å². The van der Waals surface area contributed by atoms with Crippen LogP contribution in [0.15, 0.2) is 12.1 Å². The summed E-state index contributed by atoms with van der Waals surface area (Å²) >= 11 is 5.40. The van der Waals surface area contributed by atoms with Crippen LogP contribution in [-0.4, -0.2) is 33.5 Å². The molecule has 0 amide bonds. The molecule has 0 fully saturated rings. The van der Waals surface area contributed by atoms with E-state index in [4.69, 9.17) is 11.6 Å². The number of nitrogens with zero attached hydrogens (tertiary/aromatic N) is 2. The zero-order chi connectivity index (χ0) is 14.6. The predicted octanol–water partition coefficient (Wildman–Crippen LogP) is 1.82. The Kier molecular flexibility index (Phi) is 5.02. The summed E-state index contributed by atoms with van der Waals surface area (Å²) in [6.45, 7) is 1.36. The number of halogens is 1. The third-order valence-corrected chi connectivity index (χ3v) is 2.79. The minimum absolute atomic E-state index is 0.0829. The summed E-state index contributed by atoms with van der Waals surface area (Å²) in [6.07, 6.45) is -0.957. The summed E-state index contributed by atoms with van der Waals surface area (Å²) < 4.78 is 0. The molecule has 1 aromatic rings. The first-order valence-electron chi connectivity index (χ1n) is 5.28. The number of rotatable bonds is 6. The Labute approximate surface area is 113 Å². The van der Waals surface area contributed by atoms with Gasteiger partial charge in [-0.2, -0.15) is 0 Å². The molecule has 1 atom stereocenters. The first-order chi connectivity index (χ1) is 8.88. The number of benzene rings is 1. The van der Waals surface area contributed by atoms with E-state index in [-0.39, 0.29) is 23.8 Å². The van der Waals surface area contributed by atoms with Crippen LogP contribution in [0.2, 0.25) is 0 Å². The van der Waals surface area contributed by atoms with Crippen molar-refractivity contribution in [1.29, 1.82) is 0 Å². The van der Waals surface area contributed by atoms with E-state index in [1.807, 2.05) is 0 Å². The van der Waals surface area contributed by atoms with Gasteiger partial charge in [-0.25, -0.2) is 0 Å². The predicted molar refractivity (Wildman–Crippen MR) is 69.7 cm³/mol. The molecular formula is C10H12ClN3O5. The van der Waals surface area contributed by atoms with E-state index in [1.165, 1.54) is 19.1 Å². The van der Waals surface area contributed by atoms with Crippen molar-refractivity contribution in [3.8, 4) is 0 Å². The van der Waals surface area contributed by atoms with Gasteiger partial charge in [0, 0.05) is 18.2 Å². The van der Waals surface area contributed by atoms with Gasteiger partial charge in [-0.05, 0) is 13.0 Å². The van der Waals surface area contributed by atoms with Gasteiger partial charge >= 0.3 is 5.69 Å². The number of aliphatic hydroxyl groups is 1. The monoisotopic (exact) mass is 289 g/mol. The van der Waals surface area contributed by atoms with Gasteiger partial charge in [-0.1, -0.05) is 0 Å². The van der Waals surface area contributed by atoms with Gasteiger partial charge in [0.1, 0.15) is 0 Å². The molecule has 1 unspecified atom stereocenters. The summed E-state index contributed by atoms with van der Waals surface area (Å²) in [5, 5.41) is 33.7. The third kappa shape index (κ3) is 3.52. The summed E-state index contributed by atoms with van der Waals surface area (Å²) in [5.74, 6) is -0.0829. The van der Waals surface area contributed by atoms with E-state index >= 15 is 0 Å². The van der Waals surface area contributed by atoms with Crippen molar-refractivity contribution in [3.63, 3.8) is 0 Å². The number of nitro groups is 2. The Bertz CT molecular complexity index is 508. The molecule has 1 aromatic carbocycles. The lowest BCUT2D eigenvalue weighted by Gasteiger charge is -2.11. The maximum Gasteiger partial charge on any atom is 0.302 e. The lowest BCUT2D eigenvalue weighted by atomic mass is 10.1. The first kappa shape index (κ1) is 15.1. The van der Waals surface area contributed by atoms with Crippen LogP contribution in [0, 0.1) is 27.2 Å². The van der Waals surface area contributed by atoms with E-state index < -0.39 is 21.6 Å². The third-order valence-electron chi connectivity index (χ3n) is 2.43. The Morgan fingerprint density at radius 2 is 2.00 bits per heavy atom. The highest BCUT2D eigenvalue weighted by Gasteiger charge is 2.27. The van der Waals surface area contributed by atoms with Crippen LogP contribution < -0.4 is 5.32 Å². The van der Waals surface area contributed by atoms with Gasteiger partial charge < -0.3 is 10.4 Å². The molecule has 0 saturated carbocycles. The number of nitrogens with one attached hydrogen (secondary N) is 1. The molecule has 19 heavy (non-hydrogen) atoms. The molecule has 0 aliphatic heterocycles. The van der Waals surface area contributed by atoms with Crippen molar-refractivity contribution in [3.05, 3.63) is 37.9 Å². The lowest BCUT2D eigenvalue weighted by molar-refractivity contribution is -0.392. The van der Waals surface area contributed by atoms with Crippen LogP contribution in [0.4, 0.5) is 17.1 Å². The summed E-state index contributed by atoms with van der Waals surface area (Å²) in [7, 11) is 0. The van der Waals surface area contributed by atoms with Crippen LogP contribution in [0.1, 0.15) is 5.56 Å². The molecule has 1 rings (SSSR count). The highest BCUT2D eigenvalue weighted by atomic mass is 35.5. The van der Waals surface area contributed by atoms with Gasteiger partial charge in [0.2, 0.25) is 0 Å². The van der Waals surface area contributed by atoms with E-state index in [1.54, 1.807) is 0 Å². The fourth-order valence-corrected chi connectivity index (χ4v) is 1.63. The molecule has 9 heteroatoms. The number of nitro benzene ring substituents is 2. The van der Waals surface area contributed by atoms with Crippen LogP contribution >= 0.6 is 11.6 Å². The van der Waals surface area contributed by atoms with Crippen LogP contribution in [0.25, 0.3) is 0 Å². The standard InChI is InChI=1S/C10H12ClN3O5/c1-6-2-3-8(13(16)17)9(10(6)14(18)19)12-5-7(15)4-11/h2-3,7,12,15H,4-5H2,1H3. The van der Waals surface area contributed by atoms with Crippen molar-refractivity contribution in [1.82, 2.24) is 0 Å². The fourth-order valence-electron chi connectivity index (χ4n) is 1.52. The van der Waals surface area contributed by atoms with Crippen molar-refractivity contribution < 1.29 is 15.0 Å². The van der Waals surface area contributed by atoms with Gasteiger partial charge in [-0.3, -0.25) is 20.2 Å². The second kappa shape index (κ2) is 6.30. The largest absolute Gasteiger partial charge is 0.390 e. The molecule has 0 heterocycles. The summed E-state index contributed by atoms with van der Waals surface area (Å²) in [4.78, 5) is 20.4. The van der Waals surface area contributed by atoms with Gasteiger partial charge in [-0.15, -0.1) is 11.6 Å². The average Bonchev–Trinajstić information content (AvgIpc) is 2.34. The number of aliphatic hydroxyl groups excluding tert-OH is 1. The molecule has 0 radical (unpaired) electrons. The molecule has 0 aliphatic carbocycles. The Morgan fingerprint density at radius 1 is 1.37 bits per heavy atom. The van der Waals surface area contributed by atoms with Crippen molar-refractivity contribution in [2.45, 2.75) is 13.0 Å². The number of hydrogen-bond donors (Lipinski definition) is 2. The van der Waals surface area contributed by atoms with Gasteiger partial charge in [0.05, 0.1) is 21.8 Å². The normalized spacial score (nSPS) is 11.9. The van der Waals surface area contributed by atoms with Crippen molar-refractivity contribution >= 4 is 28.7 Å². The molecular weight excluding hydrogens is 278 g/mol. The highest BCUT2D eigenvalue weighted by Crippen LogP contribution is 2.36. The molecule has 0 saturated heterocycles. The molecule has 104 valence electrons. The number of hydrogen-bond acceptors (Lipinski definition) is 6. The van der Waals surface area contributed by atoms with Gasteiger partial charge in [0.15, 0.2) is 5.69 Å². The summed E-state index contributed by atoms with van der Waals surface area (Å²) in [5.41, 5.74) is -0.729. The van der Waals surface area contributed by atoms with E-state index in [2.05, 4.69) is 5.32 Å². The van der Waals surface area contributed by atoms with E-state index in [0.717, 1.165) is 0 Å². The minimum atomic E-state index is -0.957. The summed E-state index contributed by atoms with van der Waals surface area (Å²) in [6, 6.07) is 2.48. The zero-order valence-electron chi connectivity index (χ0n) is 10.00. The van der Waals surface area contributed by atoms with E-state index in [0.29, 0.717) is 5.56 Å². The van der Waals surface area contributed by atoms with Crippen LogP contribution in [-0.2, 0) is 0 Å². The number of aryl methyl sites for hydroxylation is 1. The topological polar surface area (TPSA) is 119 Å². The Morgan fingerprint density at radius 3 is 2.47 bits per heavy atom. The molecule has 0 bridgehead atoms. The Balaban J connectivity index is 3.25. The molecule has 2 N–H and O–H groups in total. The first-order valence-corrected chi connectivity index (χ1v) is 5.82. The lowest BCUT2D eigenvalue weighted by Crippen LogP contribution is -2.21. The van der Waals surface area contributed by atoms with Crippen LogP contribution in [0.5, 0.6) is 0 Å². The SMILES string of the molecule is Cc1ccc([N+](=O)[O-])c(NCC(O)CCl)c1[N+](=O)[O-]. The van der Waals surface area contributed by atoms with Gasteiger partial charge in [0.25, 0.3) is 5.69 Å². The van der Waals surface area contributed by atoms with Crippen molar-refractivity contribution in [2.75, 3.05) is 17.7 Å². The smallest absolute Gasteiger partial charge is 0.302 e. The number of anilines is 1. The molecule has 0 aliphatic rings. The highest BCUT2D eigenvalue weighted by molar-refractivity contribution is 6.18. The molecule has 0 spiro atoms. The maximum atomic E-state index is 11.0. The quantitative estimate of drug-likeness (QED) is 0.468. The second-order valence-corrected chi connectivity index (χ2v) is 4.14.